The highest BCUT2D eigenvalue weighted by atomic mass is 79.9. The van der Waals surface area contributed by atoms with Crippen molar-refractivity contribution in [3.63, 3.8) is 0 Å². The first-order valence-corrected chi connectivity index (χ1v) is 6.46. The molecule has 0 aliphatic rings. The summed E-state index contributed by atoms with van der Waals surface area (Å²) in [6.45, 7) is 1.80. The van der Waals surface area contributed by atoms with Crippen LogP contribution in [0.15, 0.2) is 17.0 Å². The first kappa shape index (κ1) is 11.4. The van der Waals surface area contributed by atoms with Crippen molar-refractivity contribution in [1.82, 2.24) is 9.97 Å². The quantitative estimate of drug-likeness (QED) is 0.904. The summed E-state index contributed by atoms with van der Waals surface area (Å²) in [4.78, 5) is 7.70. The van der Waals surface area contributed by atoms with Gasteiger partial charge in [0.05, 0.1) is 18.1 Å². The standard InChI is InChI=1S/C7H10BrN3O2S/c1-2-3-14(12,13)11-7-5-9-6(8)4-10-7/h4-5H,2-3H2,1H3,(H,10,11). The maximum Gasteiger partial charge on any atom is 0.233 e. The third-order valence-corrected chi connectivity index (χ3v) is 3.23. The molecule has 0 fully saturated rings. The van der Waals surface area contributed by atoms with Crippen molar-refractivity contribution in [2.75, 3.05) is 10.5 Å². The number of sulfonamides is 1. The lowest BCUT2D eigenvalue weighted by molar-refractivity contribution is 0.599. The number of halogens is 1. The van der Waals surface area contributed by atoms with Gasteiger partial charge < -0.3 is 0 Å². The summed E-state index contributed by atoms with van der Waals surface area (Å²) in [5.41, 5.74) is 0. The molecule has 0 bridgehead atoms. The lowest BCUT2D eigenvalue weighted by Crippen LogP contribution is -2.16. The van der Waals surface area contributed by atoms with Gasteiger partial charge in [-0.15, -0.1) is 0 Å². The van der Waals surface area contributed by atoms with Crippen LogP contribution >= 0.6 is 15.9 Å². The van der Waals surface area contributed by atoms with Crippen LogP contribution in [0.3, 0.4) is 0 Å². The maximum atomic E-state index is 11.3. The molecule has 0 spiro atoms. The Bertz CT molecular complexity index is 390. The van der Waals surface area contributed by atoms with Gasteiger partial charge in [0, 0.05) is 0 Å². The number of nitrogens with zero attached hydrogens (tertiary/aromatic N) is 2. The molecule has 0 unspecified atom stereocenters. The molecule has 1 heterocycles. The van der Waals surface area contributed by atoms with Gasteiger partial charge in [-0.1, -0.05) is 6.92 Å². The third-order valence-electron chi connectivity index (χ3n) is 1.35. The van der Waals surface area contributed by atoms with E-state index in [-0.39, 0.29) is 11.6 Å². The minimum absolute atomic E-state index is 0.0880. The Balaban J connectivity index is 2.74. The molecule has 0 aliphatic heterocycles. The van der Waals surface area contributed by atoms with E-state index in [2.05, 4.69) is 30.6 Å². The van der Waals surface area contributed by atoms with Crippen LogP contribution in [0.2, 0.25) is 0 Å². The molecule has 7 heteroatoms. The topological polar surface area (TPSA) is 72.0 Å². The lowest BCUT2D eigenvalue weighted by Gasteiger charge is -2.04. The maximum absolute atomic E-state index is 11.3. The van der Waals surface area contributed by atoms with E-state index >= 15 is 0 Å². The fraction of sp³-hybridized carbons (Fsp3) is 0.429. The molecule has 14 heavy (non-hydrogen) atoms. The van der Waals surface area contributed by atoms with Crippen molar-refractivity contribution in [3.8, 4) is 0 Å². The van der Waals surface area contributed by atoms with E-state index in [0.717, 1.165) is 0 Å². The number of rotatable bonds is 4. The van der Waals surface area contributed by atoms with Crippen molar-refractivity contribution >= 4 is 31.8 Å². The molecule has 1 aromatic heterocycles. The molecular weight excluding hydrogens is 270 g/mol. The third kappa shape index (κ3) is 3.59. The van der Waals surface area contributed by atoms with Crippen LogP contribution in [0.4, 0.5) is 5.82 Å². The van der Waals surface area contributed by atoms with Gasteiger partial charge in [0.2, 0.25) is 10.0 Å². The smallest absolute Gasteiger partial charge is 0.233 e. The van der Waals surface area contributed by atoms with Crippen molar-refractivity contribution in [1.29, 1.82) is 0 Å². The predicted octanol–water partition coefficient (Wildman–Crippen LogP) is 1.39. The van der Waals surface area contributed by atoms with Crippen molar-refractivity contribution in [2.45, 2.75) is 13.3 Å². The summed E-state index contributed by atoms with van der Waals surface area (Å²) in [6, 6.07) is 0. The molecule has 0 atom stereocenters. The molecule has 0 saturated carbocycles. The molecule has 78 valence electrons. The lowest BCUT2D eigenvalue weighted by atomic mass is 10.6. The van der Waals surface area contributed by atoms with Crippen molar-refractivity contribution in [2.24, 2.45) is 0 Å². The van der Waals surface area contributed by atoms with Gasteiger partial charge in [0.25, 0.3) is 0 Å². The summed E-state index contributed by atoms with van der Waals surface area (Å²) in [7, 11) is -3.27. The number of hydrogen-bond acceptors (Lipinski definition) is 4. The molecule has 0 radical (unpaired) electrons. The summed E-state index contributed by atoms with van der Waals surface area (Å²) in [6.07, 6.45) is 3.36. The van der Waals surface area contributed by atoms with Crippen molar-refractivity contribution < 1.29 is 8.42 Å². The Hall–Kier alpha value is -0.690. The Labute approximate surface area is 91.1 Å². The van der Waals surface area contributed by atoms with Gasteiger partial charge in [0.15, 0.2) is 5.82 Å². The Morgan fingerprint density at radius 1 is 1.43 bits per heavy atom. The SMILES string of the molecule is CCCS(=O)(=O)Nc1cnc(Br)cn1. The molecule has 0 saturated heterocycles. The van der Waals surface area contributed by atoms with E-state index in [1.807, 2.05) is 0 Å². The Kier molecular flexibility index (Phi) is 3.82. The number of hydrogen-bond donors (Lipinski definition) is 1. The van der Waals surface area contributed by atoms with Crippen LogP contribution in [-0.2, 0) is 10.0 Å². The van der Waals surface area contributed by atoms with E-state index < -0.39 is 10.0 Å². The van der Waals surface area contributed by atoms with E-state index in [1.165, 1.54) is 12.4 Å². The normalized spacial score (nSPS) is 11.3. The number of aromatic nitrogens is 2. The average Bonchev–Trinajstić information content (AvgIpc) is 2.08. The fourth-order valence-corrected chi connectivity index (χ4v) is 2.11. The predicted molar refractivity (Wildman–Crippen MR) is 57.4 cm³/mol. The van der Waals surface area contributed by atoms with E-state index in [0.29, 0.717) is 11.0 Å². The highest BCUT2D eigenvalue weighted by Gasteiger charge is 2.09. The van der Waals surface area contributed by atoms with Crippen LogP contribution in [-0.4, -0.2) is 24.1 Å². The second kappa shape index (κ2) is 4.70. The molecule has 0 amide bonds. The zero-order valence-electron chi connectivity index (χ0n) is 7.57. The van der Waals surface area contributed by atoms with Crippen molar-refractivity contribution in [3.05, 3.63) is 17.0 Å². The molecule has 0 aliphatic carbocycles. The highest BCUT2D eigenvalue weighted by Crippen LogP contribution is 2.08. The van der Waals surface area contributed by atoms with Gasteiger partial charge in [-0.2, -0.15) is 0 Å². The first-order valence-electron chi connectivity index (χ1n) is 4.01. The van der Waals surface area contributed by atoms with E-state index in [9.17, 15) is 8.42 Å². The van der Waals surface area contributed by atoms with Crippen LogP contribution < -0.4 is 4.72 Å². The number of anilines is 1. The summed E-state index contributed by atoms with van der Waals surface area (Å²) < 4.78 is 25.5. The molecule has 5 nitrogen and oxygen atoms in total. The number of nitrogens with one attached hydrogen (secondary N) is 1. The van der Waals surface area contributed by atoms with Crippen LogP contribution in [0, 0.1) is 0 Å². The highest BCUT2D eigenvalue weighted by molar-refractivity contribution is 9.10. The van der Waals surface area contributed by atoms with Gasteiger partial charge in [0.1, 0.15) is 4.60 Å². The minimum atomic E-state index is -3.27. The van der Waals surface area contributed by atoms with Crippen LogP contribution in [0.5, 0.6) is 0 Å². The minimum Gasteiger partial charge on any atom is -0.266 e. The Morgan fingerprint density at radius 3 is 2.64 bits per heavy atom. The second-order valence-corrected chi connectivity index (χ2v) is 5.30. The van der Waals surface area contributed by atoms with Gasteiger partial charge in [-0.3, -0.25) is 4.72 Å². The second-order valence-electron chi connectivity index (χ2n) is 2.65. The van der Waals surface area contributed by atoms with E-state index in [1.54, 1.807) is 6.92 Å². The zero-order chi connectivity index (χ0) is 10.6. The monoisotopic (exact) mass is 279 g/mol. The van der Waals surface area contributed by atoms with Gasteiger partial charge in [-0.05, 0) is 22.4 Å². The largest absolute Gasteiger partial charge is 0.266 e. The summed E-state index contributed by atoms with van der Waals surface area (Å²) in [5.74, 6) is 0.326. The molecule has 0 aromatic carbocycles. The molecule has 1 rings (SSSR count). The van der Waals surface area contributed by atoms with Crippen LogP contribution in [0.1, 0.15) is 13.3 Å². The average molecular weight is 280 g/mol. The fourth-order valence-electron chi connectivity index (χ4n) is 0.844. The van der Waals surface area contributed by atoms with Gasteiger partial charge in [-0.25, -0.2) is 18.4 Å². The molecule has 1 aromatic rings. The molecule has 1 N–H and O–H groups in total. The summed E-state index contributed by atoms with van der Waals surface area (Å²) >= 11 is 3.10. The Morgan fingerprint density at radius 2 is 2.14 bits per heavy atom. The van der Waals surface area contributed by atoms with Gasteiger partial charge >= 0.3 is 0 Å². The molecular formula is C7H10BrN3O2S. The van der Waals surface area contributed by atoms with E-state index in [4.69, 9.17) is 0 Å². The zero-order valence-corrected chi connectivity index (χ0v) is 9.97. The first-order chi connectivity index (χ1) is 6.53. The summed E-state index contributed by atoms with van der Waals surface area (Å²) in [5, 5.41) is 0. The van der Waals surface area contributed by atoms with Crippen LogP contribution in [0.25, 0.3) is 0 Å².